The average molecular weight is 375 g/mol. The van der Waals surface area contributed by atoms with Crippen LogP contribution >= 0.6 is 11.9 Å². The van der Waals surface area contributed by atoms with Gasteiger partial charge >= 0.3 is 0 Å². The molecule has 2 aliphatic rings. The van der Waals surface area contributed by atoms with E-state index in [1.165, 1.54) is 28.9 Å². The van der Waals surface area contributed by atoms with Crippen LogP contribution in [0.25, 0.3) is 6.08 Å². The zero-order chi connectivity index (χ0) is 19.2. The number of aryl methyl sites for hydroxylation is 1. The van der Waals surface area contributed by atoms with Crippen LogP contribution in [0.3, 0.4) is 0 Å². The molecule has 0 spiro atoms. The van der Waals surface area contributed by atoms with Crippen molar-refractivity contribution in [1.82, 2.24) is 10.0 Å². The van der Waals surface area contributed by atoms with E-state index in [0.29, 0.717) is 12.0 Å². The third-order valence-electron chi connectivity index (χ3n) is 5.18. The molecule has 1 aromatic rings. The van der Waals surface area contributed by atoms with Gasteiger partial charge in [0.05, 0.1) is 0 Å². The van der Waals surface area contributed by atoms with Gasteiger partial charge in [-0.2, -0.15) is 0 Å². The fourth-order valence-corrected chi connectivity index (χ4v) is 4.38. The highest BCUT2D eigenvalue weighted by Crippen LogP contribution is 2.30. The topological polar surface area (TPSA) is 41.1 Å². The number of nitrogens with one attached hydrogen (secondary N) is 2. The van der Waals surface area contributed by atoms with Crippen LogP contribution in [0.15, 0.2) is 29.2 Å². The van der Waals surface area contributed by atoms with E-state index < -0.39 is 5.54 Å². The maximum Gasteiger partial charge on any atom is 0.240 e. The normalized spacial score (nSPS) is 21.6. The van der Waals surface area contributed by atoms with Gasteiger partial charge in [0, 0.05) is 10.9 Å². The molecule has 2 N–H and O–H groups in total. The minimum Gasteiger partial charge on any atom is -0.351 e. The minimum atomic E-state index is -0.603. The summed E-state index contributed by atoms with van der Waals surface area (Å²) in [5.41, 5.74) is 2.09. The predicted octanol–water partition coefficient (Wildman–Crippen LogP) is 5.35. The quantitative estimate of drug-likeness (QED) is 0.682. The van der Waals surface area contributed by atoms with E-state index in [1.54, 1.807) is 11.9 Å². The van der Waals surface area contributed by atoms with E-state index in [9.17, 15) is 4.79 Å². The van der Waals surface area contributed by atoms with Gasteiger partial charge in [0.1, 0.15) is 5.54 Å². The van der Waals surface area contributed by atoms with E-state index in [0.717, 1.165) is 19.3 Å². The smallest absolute Gasteiger partial charge is 0.240 e. The first kappa shape index (κ1) is 21.0. The predicted molar refractivity (Wildman–Crippen MR) is 113 cm³/mol. The second-order valence-corrected chi connectivity index (χ2v) is 8.44. The van der Waals surface area contributed by atoms with Crippen molar-refractivity contribution in [2.45, 2.75) is 83.2 Å². The third kappa shape index (κ3) is 5.14. The van der Waals surface area contributed by atoms with Crippen LogP contribution in [-0.4, -0.2) is 17.5 Å². The molecule has 1 fully saturated rings. The lowest BCUT2D eigenvalue weighted by Crippen LogP contribution is -2.53. The van der Waals surface area contributed by atoms with Crippen LogP contribution in [0.4, 0.5) is 0 Å². The highest BCUT2D eigenvalue weighted by atomic mass is 32.2. The van der Waals surface area contributed by atoms with Crippen molar-refractivity contribution in [2.75, 3.05) is 0 Å². The molecule has 0 aliphatic heterocycles. The largest absolute Gasteiger partial charge is 0.351 e. The number of amides is 1. The number of allylic oxidation sites excluding steroid dienone is 1. The van der Waals surface area contributed by atoms with Gasteiger partial charge < -0.3 is 5.32 Å². The van der Waals surface area contributed by atoms with Crippen LogP contribution in [0.5, 0.6) is 0 Å². The van der Waals surface area contributed by atoms with Gasteiger partial charge in [-0.25, -0.2) is 4.72 Å². The molecule has 2 atom stereocenters. The van der Waals surface area contributed by atoms with Crippen molar-refractivity contribution in [3.63, 3.8) is 0 Å². The first-order valence-corrected chi connectivity index (χ1v) is 10.8. The summed E-state index contributed by atoms with van der Waals surface area (Å²) in [6.07, 6.45) is 10.2. The monoisotopic (exact) mass is 374 g/mol. The molecule has 2 unspecified atom stereocenters. The molecule has 0 heterocycles. The highest BCUT2D eigenvalue weighted by Gasteiger charge is 2.32. The van der Waals surface area contributed by atoms with Crippen LogP contribution in [-0.2, 0) is 11.2 Å². The molecule has 1 amide bonds. The maximum absolute atomic E-state index is 12.7. The molecule has 0 radical (unpaired) electrons. The number of fused-ring (bicyclic) bond motifs is 1. The third-order valence-corrected chi connectivity index (χ3v) is 6.37. The fraction of sp³-hybridized carbons (Fsp3) is 0.591. The Kier molecular flexibility index (Phi) is 7.78. The van der Waals surface area contributed by atoms with Gasteiger partial charge in [0.15, 0.2) is 0 Å². The molecule has 26 heavy (non-hydrogen) atoms. The molecule has 1 aromatic carbocycles. The Balaban J connectivity index is 0.00000117. The number of carbonyl (C=O) groups excluding carboxylic acids is 1. The van der Waals surface area contributed by atoms with Crippen LogP contribution in [0.2, 0.25) is 0 Å². The molecule has 3 nitrogen and oxygen atoms in total. The number of hydrogen-bond acceptors (Lipinski definition) is 3. The van der Waals surface area contributed by atoms with Gasteiger partial charge in [0.25, 0.3) is 0 Å². The molecule has 144 valence electrons. The zero-order valence-corrected chi connectivity index (χ0v) is 17.7. The van der Waals surface area contributed by atoms with E-state index in [2.05, 4.69) is 47.3 Å². The molecule has 0 bridgehead atoms. The lowest BCUT2D eigenvalue weighted by Gasteiger charge is -2.28. The second-order valence-electron chi connectivity index (χ2n) is 7.59. The summed E-state index contributed by atoms with van der Waals surface area (Å²) >= 11 is 1.57. The summed E-state index contributed by atoms with van der Waals surface area (Å²) < 4.78 is 3.38. The Labute approximate surface area is 163 Å². The molecule has 1 saturated carbocycles. The summed E-state index contributed by atoms with van der Waals surface area (Å²) in [5, 5.41) is 3.24. The van der Waals surface area contributed by atoms with E-state index in [4.69, 9.17) is 0 Å². The van der Waals surface area contributed by atoms with Gasteiger partial charge in [-0.3, -0.25) is 4.79 Å². The maximum atomic E-state index is 12.7. The first-order valence-electron chi connectivity index (χ1n) is 10.0. The standard InChI is InChI=1S/C20H28N2OS.C2H6/c1-14-8-6-12-17(14)21-19(23)20(2,3)22-24-18-13-7-10-15-9-4-5-11-16(15)18;1-2/h5,7,10-11,13-14,17,22H,4,6,8-9,12H2,1-3H3,(H,21,23);1-2H3. The van der Waals surface area contributed by atoms with Gasteiger partial charge in [0.2, 0.25) is 5.91 Å². The van der Waals surface area contributed by atoms with Crippen LogP contribution in [0.1, 0.15) is 71.4 Å². The molecule has 3 rings (SSSR count). The molecular weight excluding hydrogens is 340 g/mol. The summed E-state index contributed by atoms with van der Waals surface area (Å²) in [5.74, 6) is 0.678. The lowest BCUT2D eigenvalue weighted by molar-refractivity contribution is -0.126. The number of benzene rings is 1. The first-order chi connectivity index (χ1) is 12.5. The lowest BCUT2D eigenvalue weighted by atomic mass is 9.98. The Morgan fingerprint density at radius 3 is 2.69 bits per heavy atom. The Hall–Kier alpha value is -1.26. The van der Waals surface area contributed by atoms with Crippen LogP contribution < -0.4 is 10.0 Å². The molecular formula is C22H34N2OS. The average Bonchev–Trinajstić information content (AvgIpc) is 3.06. The van der Waals surface area contributed by atoms with Gasteiger partial charge in [-0.05, 0) is 74.6 Å². The summed E-state index contributed by atoms with van der Waals surface area (Å²) in [6, 6.07) is 6.76. The van der Waals surface area contributed by atoms with Crippen molar-refractivity contribution in [3.05, 3.63) is 35.4 Å². The molecule has 4 heteroatoms. The van der Waals surface area contributed by atoms with Crippen LogP contribution in [0, 0.1) is 5.92 Å². The SMILES string of the molecule is CC.CC1CCCC1NC(=O)C(C)(C)NSc1cccc2c1C=CCC2. The van der Waals surface area contributed by atoms with E-state index in [1.807, 2.05) is 27.7 Å². The minimum absolute atomic E-state index is 0.0918. The molecule has 2 aliphatic carbocycles. The van der Waals surface area contributed by atoms with Crippen molar-refractivity contribution >= 4 is 23.9 Å². The van der Waals surface area contributed by atoms with Crippen molar-refractivity contribution in [1.29, 1.82) is 0 Å². The summed E-state index contributed by atoms with van der Waals surface area (Å²) in [6.45, 7) is 10.1. The zero-order valence-electron chi connectivity index (χ0n) is 16.9. The number of hydrogen-bond donors (Lipinski definition) is 2. The summed E-state index contributed by atoms with van der Waals surface area (Å²) in [4.78, 5) is 13.9. The Morgan fingerprint density at radius 1 is 1.23 bits per heavy atom. The Morgan fingerprint density at radius 2 is 2.00 bits per heavy atom. The van der Waals surface area contributed by atoms with Gasteiger partial charge in [-0.15, -0.1) is 0 Å². The van der Waals surface area contributed by atoms with Gasteiger partial charge in [-0.1, -0.05) is 51.5 Å². The molecule has 0 aromatic heterocycles. The van der Waals surface area contributed by atoms with E-state index in [-0.39, 0.29) is 5.91 Å². The molecule has 0 saturated heterocycles. The Bertz CT molecular complexity index is 639. The van der Waals surface area contributed by atoms with Crippen molar-refractivity contribution < 1.29 is 4.79 Å². The highest BCUT2D eigenvalue weighted by molar-refractivity contribution is 7.97. The number of carbonyl (C=O) groups is 1. The van der Waals surface area contributed by atoms with E-state index >= 15 is 0 Å². The van der Waals surface area contributed by atoms with Crippen molar-refractivity contribution in [3.8, 4) is 0 Å². The summed E-state index contributed by atoms with van der Waals surface area (Å²) in [7, 11) is 0. The second kappa shape index (κ2) is 9.61. The number of rotatable bonds is 5. The van der Waals surface area contributed by atoms with Crippen molar-refractivity contribution in [2.24, 2.45) is 5.92 Å². The fourth-order valence-electron chi connectivity index (χ4n) is 3.46.